The fourth-order valence-corrected chi connectivity index (χ4v) is 2.57. The maximum absolute atomic E-state index is 12.0. The second kappa shape index (κ2) is 7.39. The molecule has 0 bridgehead atoms. The number of carbonyl (C=O) groups excluding carboxylic acids is 2. The van der Waals surface area contributed by atoms with Gasteiger partial charge in [-0.1, -0.05) is 13.8 Å². The van der Waals surface area contributed by atoms with E-state index in [1.807, 2.05) is 13.0 Å². The minimum Gasteiger partial charge on any atom is -0.370 e. The van der Waals surface area contributed by atoms with Crippen molar-refractivity contribution < 1.29 is 9.59 Å². The van der Waals surface area contributed by atoms with Crippen LogP contribution in [0.15, 0.2) is 6.07 Å². The lowest BCUT2D eigenvalue weighted by Crippen LogP contribution is -2.49. The van der Waals surface area contributed by atoms with Crippen molar-refractivity contribution in [2.24, 2.45) is 5.73 Å². The number of aryl methyl sites for hydroxylation is 1. The summed E-state index contributed by atoms with van der Waals surface area (Å²) in [5, 5.41) is 0. The number of anilines is 1. The monoisotopic (exact) mass is 319 g/mol. The predicted molar refractivity (Wildman–Crippen MR) is 88.1 cm³/mol. The van der Waals surface area contributed by atoms with Gasteiger partial charge in [-0.15, -0.1) is 0 Å². The van der Waals surface area contributed by atoms with Crippen LogP contribution in [0.1, 0.15) is 44.1 Å². The van der Waals surface area contributed by atoms with Crippen molar-refractivity contribution >= 4 is 17.6 Å². The van der Waals surface area contributed by atoms with Gasteiger partial charge in [-0.2, -0.15) is 0 Å². The van der Waals surface area contributed by atoms with Crippen LogP contribution in [0.4, 0.5) is 5.82 Å². The molecule has 0 saturated carbocycles. The quantitative estimate of drug-likeness (QED) is 0.867. The molecule has 2 rings (SSSR count). The Bertz CT molecular complexity index is 580. The molecule has 0 aromatic carbocycles. The van der Waals surface area contributed by atoms with Gasteiger partial charge in [0.2, 0.25) is 11.8 Å². The number of primary amides is 1. The first-order valence-electron chi connectivity index (χ1n) is 8.03. The molecule has 0 radical (unpaired) electrons. The highest BCUT2D eigenvalue weighted by Gasteiger charge is 2.22. The van der Waals surface area contributed by atoms with Crippen LogP contribution in [0.25, 0.3) is 0 Å². The van der Waals surface area contributed by atoms with E-state index in [9.17, 15) is 9.59 Å². The first kappa shape index (κ1) is 17.2. The summed E-state index contributed by atoms with van der Waals surface area (Å²) in [7, 11) is 0. The Kier molecular flexibility index (Phi) is 5.52. The standard InChI is InChI=1S/C16H25N5O2/c1-11(2)16-18-12(3)10-14(19-16)20-6-8-21(9-7-20)15(23)5-4-13(17)22/h10-11H,4-9H2,1-3H3,(H2,17,22). The number of aromatic nitrogens is 2. The molecule has 0 unspecified atom stereocenters. The number of hydrogen-bond acceptors (Lipinski definition) is 5. The van der Waals surface area contributed by atoms with Gasteiger partial charge < -0.3 is 15.5 Å². The molecule has 2 N–H and O–H groups in total. The van der Waals surface area contributed by atoms with E-state index < -0.39 is 5.91 Å². The van der Waals surface area contributed by atoms with Gasteiger partial charge in [0.1, 0.15) is 11.6 Å². The van der Waals surface area contributed by atoms with E-state index in [0.717, 1.165) is 30.4 Å². The molecular formula is C16H25N5O2. The van der Waals surface area contributed by atoms with Crippen molar-refractivity contribution in [3.8, 4) is 0 Å². The van der Waals surface area contributed by atoms with Crippen molar-refractivity contribution in [1.29, 1.82) is 0 Å². The van der Waals surface area contributed by atoms with E-state index in [4.69, 9.17) is 5.73 Å². The molecule has 7 heteroatoms. The fraction of sp³-hybridized carbons (Fsp3) is 0.625. The number of carbonyl (C=O) groups is 2. The summed E-state index contributed by atoms with van der Waals surface area (Å²) in [6, 6.07) is 1.98. The molecule has 0 aliphatic carbocycles. The van der Waals surface area contributed by atoms with E-state index in [1.165, 1.54) is 0 Å². The van der Waals surface area contributed by atoms with E-state index >= 15 is 0 Å². The van der Waals surface area contributed by atoms with Gasteiger partial charge in [-0.05, 0) is 6.92 Å². The van der Waals surface area contributed by atoms with E-state index in [1.54, 1.807) is 4.90 Å². The zero-order valence-electron chi connectivity index (χ0n) is 14.1. The zero-order chi connectivity index (χ0) is 17.0. The molecule has 23 heavy (non-hydrogen) atoms. The average molecular weight is 319 g/mol. The molecule has 1 aromatic heterocycles. The first-order chi connectivity index (χ1) is 10.9. The number of nitrogens with two attached hydrogens (primary N) is 1. The van der Waals surface area contributed by atoms with E-state index in [2.05, 4.69) is 28.7 Å². The molecule has 126 valence electrons. The second-order valence-electron chi connectivity index (χ2n) is 6.21. The van der Waals surface area contributed by atoms with Crippen LogP contribution in [0.3, 0.4) is 0 Å². The summed E-state index contributed by atoms with van der Waals surface area (Å²) in [5.74, 6) is 1.61. The largest absolute Gasteiger partial charge is 0.370 e. The van der Waals surface area contributed by atoms with Crippen molar-refractivity contribution in [2.75, 3.05) is 31.1 Å². The Hall–Kier alpha value is -2.18. The number of piperazine rings is 1. The lowest BCUT2D eigenvalue weighted by molar-refractivity contribution is -0.133. The van der Waals surface area contributed by atoms with E-state index in [0.29, 0.717) is 13.1 Å². The topological polar surface area (TPSA) is 92.4 Å². The molecule has 0 spiro atoms. The van der Waals surface area contributed by atoms with Crippen LogP contribution in [-0.4, -0.2) is 52.9 Å². The number of rotatable bonds is 5. The minimum atomic E-state index is -0.435. The summed E-state index contributed by atoms with van der Waals surface area (Å²) in [6.45, 7) is 8.87. The van der Waals surface area contributed by atoms with Crippen LogP contribution in [0.5, 0.6) is 0 Å². The Balaban J connectivity index is 1.96. The second-order valence-corrected chi connectivity index (χ2v) is 6.21. The Morgan fingerprint density at radius 2 is 1.83 bits per heavy atom. The van der Waals surface area contributed by atoms with Gasteiger partial charge in [0.05, 0.1) is 0 Å². The fourth-order valence-electron chi connectivity index (χ4n) is 2.57. The van der Waals surface area contributed by atoms with Crippen LogP contribution in [-0.2, 0) is 9.59 Å². The summed E-state index contributed by atoms with van der Waals surface area (Å²) in [6.07, 6.45) is 0.307. The summed E-state index contributed by atoms with van der Waals surface area (Å²) < 4.78 is 0. The van der Waals surface area contributed by atoms with Gasteiger partial charge >= 0.3 is 0 Å². The molecule has 2 amide bonds. The highest BCUT2D eigenvalue weighted by atomic mass is 16.2. The molecule has 2 heterocycles. The smallest absolute Gasteiger partial charge is 0.223 e. The maximum Gasteiger partial charge on any atom is 0.223 e. The molecule has 1 aromatic rings. The molecular weight excluding hydrogens is 294 g/mol. The van der Waals surface area contributed by atoms with Crippen molar-refractivity contribution in [3.05, 3.63) is 17.6 Å². The van der Waals surface area contributed by atoms with Gasteiger partial charge in [0.15, 0.2) is 0 Å². The van der Waals surface area contributed by atoms with Crippen LogP contribution < -0.4 is 10.6 Å². The summed E-state index contributed by atoms with van der Waals surface area (Å²) >= 11 is 0. The molecule has 1 aliphatic rings. The Morgan fingerprint density at radius 3 is 2.39 bits per heavy atom. The number of amides is 2. The Labute approximate surface area is 136 Å². The van der Waals surface area contributed by atoms with Gasteiger partial charge in [0.25, 0.3) is 0 Å². The molecule has 1 fully saturated rings. The van der Waals surface area contributed by atoms with E-state index in [-0.39, 0.29) is 24.7 Å². The lowest BCUT2D eigenvalue weighted by Gasteiger charge is -2.35. The number of hydrogen-bond donors (Lipinski definition) is 1. The predicted octanol–water partition coefficient (Wildman–Crippen LogP) is 0.823. The Morgan fingerprint density at radius 1 is 1.17 bits per heavy atom. The zero-order valence-corrected chi connectivity index (χ0v) is 14.1. The van der Waals surface area contributed by atoms with Gasteiger partial charge in [-0.25, -0.2) is 9.97 Å². The van der Waals surface area contributed by atoms with Crippen LogP contribution in [0.2, 0.25) is 0 Å². The van der Waals surface area contributed by atoms with Gasteiger partial charge in [0, 0.05) is 56.7 Å². The normalized spacial score (nSPS) is 15.1. The molecule has 1 aliphatic heterocycles. The third kappa shape index (κ3) is 4.64. The highest BCUT2D eigenvalue weighted by Crippen LogP contribution is 2.19. The maximum atomic E-state index is 12.0. The number of nitrogens with zero attached hydrogens (tertiary/aromatic N) is 4. The SMILES string of the molecule is Cc1cc(N2CCN(C(=O)CCC(N)=O)CC2)nc(C(C)C)n1. The molecule has 7 nitrogen and oxygen atoms in total. The lowest BCUT2D eigenvalue weighted by atomic mass is 10.2. The van der Waals surface area contributed by atoms with Gasteiger partial charge in [-0.3, -0.25) is 9.59 Å². The molecule has 1 saturated heterocycles. The molecule has 0 atom stereocenters. The van der Waals surface area contributed by atoms with Crippen molar-refractivity contribution in [3.63, 3.8) is 0 Å². The average Bonchev–Trinajstić information content (AvgIpc) is 2.52. The summed E-state index contributed by atoms with van der Waals surface area (Å²) in [5.41, 5.74) is 6.05. The van der Waals surface area contributed by atoms with Crippen LogP contribution >= 0.6 is 0 Å². The first-order valence-corrected chi connectivity index (χ1v) is 8.03. The third-order valence-electron chi connectivity index (χ3n) is 3.92. The van der Waals surface area contributed by atoms with Crippen molar-refractivity contribution in [2.45, 2.75) is 39.5 Å². The van der Waals surface area contributed by atoms with Crippen LogP contribution in [0, 0.1) is 6.92 Å². The summed E-state index contributed by atoms with van der Waals surface area (Å²) in [4.78, 5) is 35.9. The van der Waals surface area contributed by atoms with Crippen molar-refractivity contribution in [1.82, 2.24) is 14.9 Å². The minimum absolute atomic E-state index is 0.00909. The third-order valence-corrected chi connectivity index (χ3v) is 3.92. The highest BCUT2D eigenvalue weighted by molar-refractivity contribution is 5.83.